The predicted molar refractivity (Wildman–Crippen MR) is 136 cm³/mol. The van der Waals surface area contributed by atoms with E-state index in [4.69, 9.17) is 58.0 Å². The van der Waals surface area contributed by atoms with Crippen LogP contribution in [0, 0.1) is 11.2 Å². The number of hydrogen-bond donors (Lipinski definition) is 2. The van der Waals surface area contributed by atoms with Crippen molar-refractivity contribution in [2.24, 2.45) is 5.41 Å². The fraction of sp³-hybridized carbons (Fsp3) is 0.167. The van der Waals surface area contributed by atoms with E-state index in [0.717, 1.165) is 6.29 Å². The van der Waals surface area contributed by atoms with Gasteiger partial charge in [0.2, 0.25) is 0 Å². The third-order valence-corrected chi connectivity index (χ3v) is 8.01. The Balaban J connectivity index is 1.52. The molecule has 4 rings (SSSR count). The molecular weight excluding hydrogens is 545 g/mol. The number of amides is 1. The highest BCUT2D eigenvalue weighted by Crippen LogP contribution is 2.73. The van der Waals surface area contributed by atoms with Crippen molar-refractivity contribution in [2.75, 3.05) is 17.2 Å². The molecule has 0 aromatic heterocycles. The van der Waals surface area contributed by atoms with Gasteiger partial charge >= 0.3 is 0 Å². The normalized spacial score (nSPS) is 20.5. The van der Waals surface area contributed by atoms with Crippen LogP contribution >= 0.6 is 58.0 Å². The number of hydrogen-bond acceptors (Lipinski definition) is 3. The van der Waals surface area contributed by atoms with Crippen molar-refractivity contribution < 1.29 is 14.0 Å². The SMILES string of the molecule is O=CC1(CNc2ccc(Cl)c(C(=O)Nc3ccc(F)cc3)c2)C(c2ccc(Cl)c(Cl)c2)C1(Cl)Cl. The molecule has 2 unspecified atom stereocenters. The molecule has 1 fully saturated rings. The lowest BCUT2D eigenvalue weighted by Gasteiger charge is -2.15. The second-order valence-electron chi connectivity index (χ2n) is 7.90. The smallest absolute Gasteiger partial charge is 0.257 e. The summed E-state index contributed by atoms with van der Waals surface area (Å²) in [4.78, 5) is 24.8. The lowest BCUT2D eigenvalue weighted by atomic mass is 10.00. The molecule has 0 spiro atoms. The van der Waals surface area contributed by atoms with E-state index in [1.807, 2.05) is 0 Å². The topological polar surface area (TPSA) is 58.2 Å². The van der Waals surface area contributed by atoms with Crippen molar-refractivity contribution in [1.82, 2.24) is 0 Å². The van der Waals surface area contributed by atoms with Gasteiger partial charge in [-0.25, -0.2) is 4.39 Å². The molecule has 1 aliphatic rings. The fourth-order valence-electron chi connectivity index (χ4n) is 3.87. The van der Waals surface area contributed by atoms with Gasteiger partial charge in [0.05, 0.1) is 26.0 Å². The Bertz CT molecular complexity index is 1270. The minimum atomic E-state index is -1.37. The number of aldehydes is 1. The maximum Gasteiger partial charge on any atom is 0.257 e. The van der Waals surface area contributed by atoms with Crippen LogP contribution < -0.4 is 10.6 Å². The first-order chi connectivity index (χ1) is 16.1. The summed E-state index contributed by atoms with van der Waals surface area (Å²) >= 11 is 31.4. The second-order valence-corrected chi connectivity index (χ2v) is 10.5. The van der Waals surface area contributed by atoms with Gasteiger partial charge in [-0.2, -0.15) is 0 Å². The number of nitrogens with one attached hydrogen (secondary N) is 2. The first-order valence-corrected chi connectivity index (χ1v) is 11.9. The number of carbonyl (C=O) groups excluding carboxylic acids is 2. The van der Waals surface area contributed by atoms with E-state index < -0.39 is 27.4 Å². The standard InChI is InChI=1S/C24H16Cl5FN2O2/c25-18-8-6-16(10-17(18)22(34)32-15-4-2-14(30)3-5-15)31-11-23(12-33)21(24(23,28)29)13-1-7-19(26)20(27)9-13/h1-10,12,21,31H,11H2,(H,32,34). The molecule has 3 aromatic carbocycles. The van der Waals surface area contributed by atoms with Gasteiger partial charge in [-0.05, 0) is 60.2 Å². The first-order valence-electron chi connectivity index (χ1n) is 9.98. The summed E-state index contributed by atoms with van der Waals surface area (Å²) in [7, 11) is 0. The average Bonchev–Trinajstić information content (AvgIpc) is 3.31. The van der Waals surface area contributed by atoms with Gasteiger partial charge in [0, 0.05) is 23.8 Å². The Labute approximate surface area is 220 Å². The molecule has 1 aliphatic carbocycles. The van der Waals surface area contributed by atoms with Gasteiger partial charge in [0.25, 0.3) is 5.91 Å². The first kappa shape index (κ1) is 25.1. The van der Waals surface area contributed by atoms with Crippen molar-refractivity contribution >= 4 is 81.6 Å². The van der Waals surface area contributed by atoms with Crippen molar-refractivity contribution in [3.8, 4) is 0 Å². The largest absolute Gasteiger partial charge is 0.384 e. The molecule has 10 heteroatoms. The van der Waals surface area contributed by atoms with Crippen LogP contribution in [0.4, 0.5) is 15.8 Å². The summed E-state index contributed by atoms with van der Waals surface area (Å²) < 4.78 is 11.7. The van der Waals surface area contributed by atoms with Crippen molar-refractivity contribution in [2.45, 2.75) is 10.3 Å². The van der Waals surface area contributed by atoms with Crippen LogP contribution in [0.5, 0.6) is 0 Å². The van der Waals surface area contributed by atoms with Gasteiger partial charge in [0.15, 0.2) is 0 Å². The number of rotatable bonds is 7. The van der Waals surface area contributed by atoms with E-state index in [1.165, 1.54) is 24.3 Å². The number of carbonyl (C=O) groups is 2. The van der Waals surface area contributed by atoms with Crippen LogP contribution in [-0.4, -0.2) is 23.1 Å². The van der Waals surface area contributed by atoms with E-state index >= 15 is 0 Å². The Morgan fingerprint density at radius 1 is 0.912 bits per heavy atom. The molecule has 0 heterocycles. The Morgan fingerprint density at radius 2 is 1.56 bits per heavy atom. The molecule has 0 aliphatic heterocycles. The summed E-state index contributed by atoms with van der Waals surface area (Å²) in [6, 6.07) is 15.1. The van der Waals surface area contributed by atoms with E-state index in [1.54, 1.807) is 36.4 Å². The summed E-state index contributed by atoms with van der Waals surface area (Å²) in [6.07, 6.45) is 0.727. The zero-order valence-corrected chi connectivity index (χ0v) is 21.0. The molecule has 176 valence electrons. The maximum atomic E-state index is 13.1. The zero-order chi connectivity index (χ0) is 24.7. The molecule has 1 saturated carbocycles. The van der Waals surface area contributed by atoms with E-state index in [9.17, 15) is 14.0 Å². The molecule has 0 saturated heterocycles. The van der Waals surface area contributed by atoms with Crippen LogP contribution in [0.1, 0.15) is 21.8 Å². The lowest BCUT2D eigenvalue weighted by Crippen LogP contribution is -2.23. The van der Waals surface area contributed by atoms with Crippen LogP contribution in [-0.2, 0) is 4.79 Å². The summed E-state index contributed by atoms with van der Waals surface area (Å²) in [5, 5.41) is 6.72. The number of benzene rings is 3. The van der Waals surface area contributed by atoms with Crippen LogP contribution in [0.3, 0.4) is 0 Å². The lowest BCUT2D eigenvalue weighted by molar-refractivity contribution is -0.112. The molecule has 3 aromatic rings. The van der Waals surface area contributed by atoms with Gasteiger partial charge < -0.3 is 15.4 Å². The highest BCUT2D eigenvalue weighted by Gasteiger charge is 2.76. The predicted octanol–water partition coefficient (Wildman–Crippen LogP) is 7.61. The molecule has 0 bridgehead atoms. The van der Waals surface area contributed by atoms with Gasteiger partial charge in [-0.1, -0.05) is 64.1 Å². The molecule has 1 amide bonds. The van der Waals surface area contributed by atoms with E-state index in [-0.39, 0.29) is 17.1 Å². The quantitative estimate of drug-likeness (QED) is 0.231. The molecule has 4 nitrogen and oxygen atoms in total. The van der Waals surface area contributed by atoms with Crippen molar-refractivity contribution in [1.29, 1.82) is 0 Å². The van der Waals surface area contributed by atoms with E-state index in [0.29, 0.717) is 27.0 Å². The second kappa shape index (κ2) is 9.56. The minimum absolute atomic E-state index is 0.0923. The fourth-order valence-corrected chi connectivity index (χ4v) is 5.36. The van der Waals surface area contributed by atoms with Crippen LogP contribution in [0.2, 0.25) is 15.1 Å². The number of halogens is 6. The number of alkyl halides is 2. The van der Waals surface area contributed by atoms with Gasteiger partial charge in [0.1, 0.15) is 16.4 Å². The Hall–Kier alpha value is -2.02. The third-order valence-electron chi connectivity index (χ3n) is 5.80. The molecule has 34 heavy (non-hydrogen) atoms. The summed E-state index contributed by atoms with van der Waals surface area (Å²) in [5.41, 5.74) is 0.680. The van der Waals surface area contributed by atoms with Crippen molar-refractivity contribution in [3.05, 3.63) is 92.7 Å². The average molecular weight is 561 g/mol. The molecule has 0 radical (unpaired) electrons. The molecule has 2 N–H and O–H groups in total. The summed E-state index contributed by atoms with van der Waals surface area (Å²) in [6.45, 7) is 0.0923. The zero-order valence-electron chi connectivity index (χ0n) is 17.2. The molecule has 2 atom stereocenters. The summed E-state index contributed by atoms with van der Waals surface area (Å²) in [5.74, 6) is -1.41. The van der Waals surface area contributed by atoms with E-state index in [2.05, 4.69) is 10.6 Å². The molecular formula is C24H16Cl5FN2O2. The monoisotopic (exact) mass is 558 g/mol. The Kier molecular flexibility index (Phi) is 7.05. The third kappa shape index (κ3) is 4.60. The van der Waals surface area contributed by atoms with Gasteiger partial charge in [-0.3, -0.25) is 4.79 Å². The highest BCUT2D eigenvalue weighted by atomic mass is 35.5. The van der Waals surface area contributed by atoms with Crippen LogP contribution in [0.25, 0.3) is 0 Å². The minimum Gasteiger partial charge on any atom is -0.384 e. The number of anilines is 2. The van der Waals surface area contributed by atoms with Crippen LogP contribution in [0.15, 0.2) is 60.7 Å². The van der Waals surface area contributed by atoms with Gasteiger partial charge in [-0.15, -0.1) is 0 Å². The van der Waals surface area contributed by atoms with Crippen molar-refractivity contribution in [3.63, 3.8) is 0 Å². The Morgan fingerprint density at radius 3 is 2.21 bits per heavy atom. The maximum absolute atomic E-state index is 13.1. The highest BCUT2D eigenvalue weighted by molar-refractivity contribution is 6.54.